The van der Waals surface area contributed by atoms with E-state index in [1.807, 2.05) is 20.8 Å². The Hall–Kier alpha value is -1.98. The number of nitro groups is 1. The van der Waals surface area contributed by atoms with Gasteiger partial charge in [0.2, 0.25) is 0 Å². The fourth-order valence-corrected chi connectivity index (χ4v) is 1.78. The Morgan fingerprint density at radius 1 is 1.47 bits per heavy atom. The Kier molecular flexibility index (Phi) is 4.97. The number of non-ortho nitro benzene ring substituents is 1. The van der Waals surface area contributed by atoms with Crippen molar-refractivity contribution in [3.05, 3.63) is 39.7 Å². The molecule has 0 radical (unpaired) electrons. The van der Waals surface area contributed by atoms with Crippen LogP contribution in [0.4, 0.5) is 10.1 Å². The minimum atomic E-state index is -0.739. The van der Waals surface area contributed by atoms with E-state index in [-0.39, 0.29) is 17.3 Å². The first-order valence-corrected chi connectivity index (χ1v) is 6.13. The lowest BCUT2D eigenvalue weighted by Crippen LogP contribution is -2.38. The van der Waals surface area contributed by atoms with Crippen LogP contribution in [0.3, 0.4) is 0 Å². The molecule has 0 atom stereocenters. The molecule has 0 aromatic heterocycles. The van der Waals surface area contributed by atoms with Crippen LogP contribution in [0.5, 0.6) is 0 Å². The van der Waals surface area contributed by atoms with Crippen molar-refractivity contribution >= 4 is 11.6 Å². The van der Waals surface area contributed by atoms with Crippen LogP contribution in [-0.2, 0) is 0 Å². The largest absolute Gasteiger partial charge is 0.336 e. The first-order chi connectivity index (χ1) is 8.88. The number of nitro benzene ring substituents is 1. The lowest BCUT2D eigenvalue weighted by atomic mass is 10.1. The van der Waals surface area contributed by atoms with Gasteiger partial charge in [-0.25, -0.2) is 4.39 Å². The molecule has 104 valence electrons. The minimum absolute atomic E-state index is 0.0916. The predicted molar refractivity (Wildman–Crippen MR) is 69.5 cm³/mol. The number of hydrogen-bond donors (Lipinski definition) is 0. The Bertz CT molecular complexity index is 489. The fourth-order valence-electron chi connectivity index (χ4n) is 1.78. The zero-order chi connectivity index (χ0) is 14.6. The average molecular weight is 268 g/mol. The second-order valence-electron chi connectivity index (χ2n) is 4.51. The van der Waals surface area contributed by atoms with Gasteiger partial charge < -0.3 is 4.90 Å². The number of nitrogens with zero attached hydrogens (tertiary/aromatic N) is 2. The number of carbonyl (C=O) groups is 1. The zero-order valence-electron chi connectivity index (χ0n) is 11.2. The van der Waals surface area contributed by atoms with Gasteiger partial charge in [0.25, 0.3) is 11.6 Å². The van der Waals surface area contributed by atoms with Crippen LogP contribution >= 0.6 is 0 Å². The molecule has 5 nitrogen and oxygen atoms in total. The Balaban J connectivity index is 3.16. The van der Waals surface area contributed by atoms with E-state index < -0.39 is 16.6 Å². The van der Waals surface area contributed by atoms with Crippen molar-refractivity contribution < 1.29 is 14.1 Å². The van der Waals surface area contributed by atoms with E-state index >= 15 is 0 Å². The highest BCUT2D eigenvalue weighted by Gasteiger charge is 2.23. The molecule has 19 heavy (non-hydrogen) atoms. The second-order valence-corrected chi connectivity index (χ2v) is 4.51. The van der Waals surface area contributed by atoms with Gasteiger partial charge in [0.05, 0.1) is 10.5 Å². The Morgan fingerprint density at radius 2 is 2.11 bits per heavy atom. The summed E-state index contributed by atoms with van der Waals surface area (Å²) in [6.45, 7) is 6.04. The highest BCUT2D eigenvalue weighted by atomic mass is 19.1. The molecule has 1 aromatic rings. The molecular weight excluding hydrogens is 251 g/mol. The van der Waals surface area contributed by atoms with Crippen molar-refractivity contribution in [2.24, 2.45) is 0 Å². The predicted octanol–water partition coefficient (Wildman–Crippen LogP) is 2.99. The highest BCUT2D eigenvalue weighted by molar-refractivity contribution is 5.95. The van der Waals surface area contributed by atoms with Crippen LogP contribution in [0.25, 0.3) is 0 Å². The number of carbonyl (C=O) groups excluding carboxylic acids is 1. The normalized spacial score (nSPS) is 10.6. The third-order valence-corrected chi connectivity index (χ3v) is 2.74. The van der Waals surface area contributed by atoms with Crippen LogP contribution < -0.4 is 0 Å². The molecule has 0 heterocycles. The van der Waals surface area contributed by atoms with Gasteiger partial charge in [-0.05, 0) is 26.3 Å². The van der Waals surface area contributed by atoms with Crippen molar-refractivity contribution in [1.82, 2.24) is 4.90 Å². The summed E-state index contributed by atoms with van der Waals surface area (Å²) in [7, 11) is 0. The monoisotopic (exact) mass is 268 g/mol. The summed E-state index contributed by atoms with van der Waals surface area (Å²) in [5.74, 6) is -1.25. The maximum atomic E-state index is 13.7. The molecule has 0 bridgehead atoms. The van der Waals surface area contributed by atoms with Crippen molar-refractivity contribution in [2.75, 3.05) is 6.54 Å². The van der Waals surface area contributed by atoms with Crippen molar-refractivity contribution in [1.29, 1.82) is 0 Å². The summed E-state index contributed by atoms with van der Waals surface area (Å²) in [5, 5.41) is 10.7. The number of rotatable bonds is 5. The molecule has 1 rings (SSSR count). The molecule has 0 aliphatic rings. The molecule has 6 heteroatoms. The van der Waals surface area contributed by atoms with E-state index in [0.717, 1.165) is 24.6 Å². The Morgan fingerprint density at radius 3 is 2.58 bits per heavy atom. The molecule has 0 spiro atoms. The third kappa shape index (κ3) is 3.49. The summed E-state index contributed by atoms with van der Waals surface area (Å²) in [6, 6.07) is 2.90. The van der Waals surface area contributed by atoms with Gasteiger partial charge in [0.1, 0.15) is 5.82 Å². The van der Waals surface area contributed by atoms with E-state index in [1.54, 1.807) is 0 Å². The van der Waals surface area contributed by atoms with Gasteiger partial charge >= 0.3 is 0 Å². The van der Waals surface area contributed by atoms with Crippen molar-refractivity contribution in [3.63, 3.8) is 0 Å². The Labute approximate surface area is 111 Å². The molecule has 0 aliphatic heterocycles. The van der Waals surface area contributed by atoms with E-state index in [1.165, 1.54) is 4.90 Å². The fraction of sp³-hybridized carbons (Fsp3) is 0.462. The summed E-state index contributed by atoms with van der Waals surface area (Å²) >= 11 is 0. The minimum Gasteiger partial charge on any atom is -0.336 e. The smallest absolute Gasteiger partial charge is 0.270 e. The number of benzene rings is 1. The van der Waals surface area contributed by atoms with E-state index in [2.05, 4.69) is 0 Å². The zero-order valence-corrected chi connectivity index (χ0v) is 11.2. The number of amides is 1. The summed E-state index contributed by atoms with van der Waals surface area (Å²) in [4.78, 5) is 23.8. The lowest BCUT2D eigenvalue weighted by molar-refractivity contribution is -0.384. The summed E-state index contributed by atoms with van der Waals surface area (Å²) in [5.41, 5.74) is -0.540. The number of hydrogen-bond acceptors (Lipinski definition) is 3. The standard InChI is InChI=1S/C13H17FN2O3/c1-4-7-15(9(2)3)13(17)11-8-10(16(18)19)5-6-12(11)14/h5-6,8-9H,4,7H2,1-3H3. The van der Waals surface area contributed by atoms with Crippen LogP contribution in [0.15, 0.2) is 18.2 Å². The SMILES string of the molecule is CCCN(C(=O)c1cc([N+](=O)[O-])ccc1F)C(C)C. The van der Waals surface area contributed by atoms with Gasteiger partial charge in [-0.2, -0.15) is 0 Å². The summed E-state index contributed by atoms with van der Waals surface area (Å²) < 4.78 is 13.7. The molecule has 0 unspecified atom stereocenters. The molecule has 0 aliphatic carbocycles. The van der Waals surface area contributed by atoms with Crippen molar-refractivity contribution in [2.45, 2.75) is 33.2 Å². The van der Waals surface area contributed by atoms with Gasteiger partial charge in [-0.3, -0.25) is 14.9 Å². The average Bonchev–Trinajstić information content (AvgIpc) is 2.35. The van der Waals surface area contributed by atoms with Crippen LogP contribution in [0.2, 0.25) is 0 Å². The van der Waals surface area contributed by atoms with Gasteiger partial charge in [-0.15, -0.1) is 0 Å². The molecule has 0 saturated carbocycles. The van der Waals surface area contributed by atoms with E-state index in [0.29, 0.717) is 6.54 Å². The topological polar surface area (TPSA) is 63.5 Å². The maximum absolute atomic E-state index is 13.7. The van der Waals surface area contributed by atoms with E-state index in [9.17, 15) is 19.3 Å². The summed E-state index contributed by atoms with van der Waals surface area (Å²) in [6.07, 6.45) is 0.737. The molecule has 0 N–H and O–H groups in total. The third-order valence-electron chi connectivity index (χ3n) is 2.74. The van der Waals surface area contributed by atoms with Crippen LogP contribution in [0, 0.1) is 15.9 Å². The second kappa shape index (κ2) is 6.26. The molecule has 1 amide bonds. The van der Waals surface area contributed by atoms with Gasteiger partial charge in [-0.1, -0.05) is 6.92 Å². The first kappa shape index (κ1) is 15.1. The van der Waals surface area contributed by atoms with Crippen molar-refractivity contribution in [3.8, 4) is 0 Å². The van der Waals surface area contributed by atoms with Crippen LogP contribution in [0.1, 0.15) is 37.6 Å². The number of halogens is 1. The molecule has 1 aromatic carbocycles. The lowest BCUT2D eigenvalue weighted by Gasteiger charge is -2.26. The molecular formula is C13H17FN2O3. The highest BCUT2D eigenvalue weighted by Crippen LogP contribution is 2.19. The van der Waals surface area contributed by atoms with Gasteiger partial charge in [0, 0.05) is 24.7 Å². The quantitative estimate of drug-likeness (QED) is 0.609. The first-order valence-electron chi connectivity index (χ1n) is 6.13. The van der Waals surface area contributed by atoms with E-state index in [4.69, 9.17) is 0 Å². The van der Waals surface area contributed by atoms with Crippen LogP contribution in [-0.4, -0.2) is 28.3 Å². The molecule has 0 saturated heterocycles. The maximum Gasteiger partial charge on any atom is 0.270 e. The van der Waals surface area contributed by atoms with Gasteiger partial charge in [0.15, 0.2) is 0 Å². The molecule has 0 fully saturated rings.